The molecule has 0 aliphatic heterocycles. The van der Waals surface area contributed by atoms with Crippen molar-refractivity contribution >= 4 is 35.3 Å². The van der Waals surface area contributed by atoms with E-state index in [-0.39, 0.29) is 0 Å². The lowest BCUT2D eigenvalue weighted by Crippen LogP contribution is -2.17. The highest BCUT2D eigenvalue weighted by atomic mass is 35.5. The Morgan fingerprint density at radius 3 is 2.39 bits per heavy atom. The van der Waals surface area contributed by atoms with E-state index in [4.69, 9.17) is 37.4 Å². The van der Waals surface area contributed by atoms with Crippen LogP contribution < -0.4 is 19.6 Å². The van der Waals surface area contributed by atoms with Crippen molar-refractivity contribution in [3.63, 3.8) is 0 Å². The van der Waals surface area contributed by atoms with E-state index in [0.717, 1.165) is 11.1 Å². The summed E-state index contributed by atoms with van der Waals surface area (Å²) in [4.78, 5) is 12.4. The molecule has 6 nitrogen and oxygen atoms in total. The molecule has 0 aromatic heterocycles. The molecule has 0 bridgehead atoms. The molecule has 0 aliphatic carbocycles. The van der Waals surface area contributed by atoms with Crippen molar-refractivity contribution in [3.8, 4) is 17.2 Å². The van der Waals surface area contributed by atoms with Crippen LogP contribution in [-0.4, -0.2) is 26.3 Å². The van der Waals surface area contributed by atoms with Gasteiger partial charge in [0, 0.05) is 27.2 Å². The van der Waals surface area contributed by atoms with Crippen molar-refractivity contribution in [1.29, 1.82) is 0 Å². The largest absolute Gasteiger partial charge is 0.497 e. The first kappa shape index (κ1) is 22.5. The number of halogens is 2. The third kappa shape index (κ3) is 6.38. The fraction of sp³-hybridized carbons (Fsp3) is 0.130. The minimum Gasteiger partial charge on any atom is -0.497 e. The van der Waals surface area contributed by atoms with Gasteiger partial charge in [-0.05, 0) is 42.0 Å². The number of hydrogen-bond acceptors (Lipinski definition) is 5. The van der Waals surface area contributed by atoms with Gasteiger partial charge in [0.05, 0.1) is 20.4 Å². The lowest BCUT2D eigenvalue weighted by molar-refractivity contribution is 0.0954. The van der Waals surface area contributed by atoms with Crippen LogP contribution in [0.5, 0.6) is 17.2 Å². The molecule has 0 unspecified atom stereocenters. The summed E-state index contributed by atoms with van der Waals surface area (Å²) in [5, 5.41) is 5.13. The molecule has 8 heteroatoms. The molecule has 1 N–H and O–H groups in total. The first-order chi connectivity index (χ1) is 15.0. The number of carbonyl (C=O) groups excluding carboxylic acids is 1. The average Bonchev–Trinajstić information content (AvgIpc) is 2.78. The molecular formula is C23H20Cl2N2O4. The van der Waals surface area contributed by atoms with E-state index >= 15 is 0 Å². The van der Waals surface area contributed by atoms with Gasteiger partial charge in [-0.25, -0.2) is 5.43 Å². The van der Waals surface area contributed by atoms with Gasteiger partial charge < -0.3 is 14.2 Å². The summed E-state index contributed by atoms with van der Waals surface area (Å²) < 4.78 is 16.1. The quantitative estimate of drug-likeness (QED) is 0.364. The van der Waals surface area contributed by atoms with Gasteiger partial charge in [0.2, 0.25) is 0 Å². The number of hydrazone groups is 1. The van der Waals surface area contributed by atoms with Gasteiger partial charge in [-0.15, -0.1) is 0 Å². The topological polar surface area (TPSA) is 69.2 Å². The van der Waals surface area contributed by atoms with Gasteiger partial charge in [-0.1, -0.05) is 41.4 Å². The van der Waals surface area contributed by atoms with E-state index < -0.39 is 5.91 Å². The first-order valence-corrected chi connectivity index (χ1v) is 9.97. The van der Waals surface area contributed by atoms with Gasteiger partial charge in [-0.2, -0.15) is 5.10 Å². The molecule has 0 heterocycles. The van der Waals surface area contributed by atoms with Crippen LogP contribution in [0.15, 0.2) is 65.8 Å². The number of nitrogens with zero attached hydrogens (tertiary/aromatic N) is 1. The first-order valence-electron chi connectivity index (χ1n) is 9.22. The summed E-state index contributed by atoms with van der Waals surface area (Å²) in [6.45, 7) is 0.297. The predicted molar refractivity (Wildman–Crippen MR) is 122 cm³/mol. The number of carbonyl (C=O) groups is 1. The zero-order valence-electron chi connectivity index (χ0n) is 16.9. The Balaban J connectivity index is 1.62. The molecule has 1 amide bonds. The molecule has 0 saturated carbocycles. The van der Waals surface area contributed by atoms with Crippen molar-refractivity contribution in [2.24, 2.45) is 5.10 Å². The number of rotatable bonds is 8. The van der Waals surface area contributed by atoms with Crippen molar-refractivity contribution in [2.45, 2.75) is 6.61 Å². The van der Waals surface area contributed by atoms with Crippen LogP contribution in [0.4, 0.5) is 0 Å². The maximum Gasteiger partial charge on any atom is 0.271 e. The maximum atomic E-state index is 12.4. The van der Waals surface area contributed by atoms with Crippen molar-refractivity contribution in [2.75, 3.05) is 14.2 Å². The normalized spacial score (nSPS) is 10.7. The Labute approximate surface area is 190 Å². The van der Waals surface area contributed by atoms with Crippen LogP contribution in [0.3, 0.4) is 0 Å². The lowest BCUT2D eigenvalue weighted by atomic mass is 10.2. The molecule has 160 valence electrons. The fourth-order valence-electron chi connectivity index (χ4n) is 2.65. The van der Waals surface area contributed by atoms with E-state index in [0.29, 0.717) is 39.5 Å². The molecule has 31 heavy (non-hydrogen) atoms. The molecule has 3 aromatic carbocycles. The molecule has 0 fully saturated rings. The summed E-state index contributed by atoms with van der Waals surface area (Å²) in [6.07, 6.45) is 1.53. The van der Waals surface area contributed by atoms with E-state index in [1.165, 1.54) is 20.4 Å². The molecule has 0 radical (unpaired) electrons. The SMILES string of the molecule is COc1cc(OC)cc(C(=O)NN=Cc2cccc(OCc3ccc(Cl)cc3Cl)c2)c1. The van der Waals surface area contributed by atoms with Crippen molar-refractivity contribution < 1.29 is 19.0 Å². The van der Waals surface area contributed by atoms with Gasteiger partial charge >= 0.3 is 0 Å². The monoisotopic (exact) mass is 458 g/mol. The molecule has 3 rings (SSSR count). The summed E-state index contributed by atoms with van der Waals surface area (Å²) in [7, 11) is 3.04. The molecule has 0 saturated heterocycles. The smallest absolute Gasteiger partial charge is 0.271 e. The highest BCUT2D eigenvalue weighted by Crippen LogP contribution is 2.24. The Hall–Kier alpha value is -3.22. The fourth-order valence-corrected chi connectivity index (χ4v) is 3.12. The van der Waals surface area contributed by atoms with Crippen LogP contribution in [-0.2, 0) is 6.61 Å². The number of hydrogen-bond donors (Lipinski definition) is 1. The molecule has 3 aromatic rings. The summed E-state index contributed by atoms with van der Waals surface area (Å²) >= 11 is 12.1. The average molecular weight is 459 g/mol. The van der Waals surface area contributed by atoms with Crippen LogP contribution in [0, 0.1) is 0 Å². The molecule has 0 aliphatic rings. The zero-order chi connectivity index (χ0) is 22.2. The lowest BCUT2D eigenvalue weighted by Gasteiger charge is -2.09. The van der Waals surface area contributed by atoms with Crippen molar-refractivity contribution in [1.82, 2.24) is 5.43 Å². The Bertz CT molecular complexity index is 1080. The van der Waals surface area contributed by atoms with Crippen LogP contribution >= 0.6 is 23.2 Å². The van der Waals surface area contributed by atoms with Crippen LogP contribution in [0.25, 0.3) is 0 Å². The van der Waals surface area contributed by atoms with Gasteiger partial charge in [0.25, 0.3) is 5.91 Å². The van der Waals surface area contributed by atoms with Crippen LogP contribution in [0.2, 0.25) is 10.0 Å². The number of amides is 1. The van der Waals surface area contributed by atoms with E-state index in [1.54, 1.807) is 36.4 Å². The summed E-state index contributed by atoms with van der Waals surface area (Å²) in [5.74, 6) is 1.27. The third-order valence-electron chi connectivity index (χ3n) is 4.26. The number of nitrogens with one attached hydrogen (secondary N) is 1. The zero-order valence-corrected chi connectivity index (χ0v) is 18.4. The van der Waals surface area contributed by atoms with E-state index in [9.17, 15) is 4.79 Å². The molecule has 0 spiro atoms. The van der Waals surface area contributed by atoms with Crippen LogP contribution in [0.1, 0.15) is 21.5 Å². The minimum absolute atomic E-state index is 0.297. The Morgan fingerprint density at radius 1 is 0.968 bits per heavy atom. The number of ether oxygens (including phenoxy) is 3. The summed E-state index contributed by atoms with van der Waals surface area (Å²) in [5.41, 5.74) is 4.43. The number of methoxy groups -OCH3 is 2. The standard InChI is InChI=1S/C23H20Cl2N2O4/c1-29-20-9-17(10-21(12-20)30-2)23(28)27-26-13-15-4-3-5-19(8-15)31-14-16-6-7-18(24)11-22(16)25/h3-13H,14H2,1-2H3,(H,27,28). The third-order valence-corrected chi connectivity index (χ3v) is 4.85. The second kappa shape index (κ2) is 10.7. The minimum atomic E-state index is -0.391. The van der Waals surface area contributed by atoms with E-state index in [1.807, 2.05) is 24.3 Å². The molecular weight excluding hydrogens is 439 g/mol. The highest BCUT2D eigenvalue weighted by Gasteiger charge is 2.09. The highest BCUT2D eigenvalue weighted by molar-refractivity contribution is 6.35. The predicted octanol–water partition coefficient (Wildman–Crippen LogP) is 5.35. The second-order valence-corrected chi connectivity index (χ2v) is 7.24. The van der Waals surface area contributed by atoms with Gasteiger partial charge in [0.1, 0.15) is 23.9 Å². The van der Waals surface area contributed by atoms with Gasteiger partial charge in [0.15, 0.2) is 0 Å². The second-order valence-electron chi connectivity index (χ2n) is 6.40. The van der Waals surface area contributed by atoms with E-state index in [2.05, 4.69) is 10.5 Å². The van der Waals surface area contributed by atoms with Gasteiger partial charge in [-0.3, -0.25) is 4.79 Å². The summed E-state index contributed by atoms with van der Waals surface area (Å²) in [6, 6.07) is 17.4. The maximum absolute atomic E-state index is 12.4. The Kier molecular flexibility index (Phi) is 7.76. The number of benzene rings is 3. The molecule has 0 atom stereocenters. The van der Waals surface area contributed by atoms with Crippen molar-refractivity contribution in [3.05, 3.63) is 87.4 Å². The Morgan fingerprint density at radius 2 is 1.71 bits per heavy atom.